The summed E-state index contributed by atoms with van der Waals surface area (Å²) in [4.78, 5) is 2.51. The topological polar surface area (TPSA) is 55.0 Å². The van der Waals surface area contributed by atoms with Gasteiger partial charge in [-0.3, -0.25) is 4.90 Å². The molecule has 1 aromatic rings. The van der Waals surface area contributed by atoms with E-state index in [9.17, 15) is 0 Å². The van der Waals surface area contributed by atoms with Gasteiger partial charge in [0.25, 0.3) is 0 Å². The lowest BCUT2D eigenvalue weighted by molar-refractivity contribution is 0.132. The maximum Gasteiger partial charge on any atom is 0.0895 e. The van der Waals surface area contributed by atoms with Crippen LogP contribution in [0.2, 0.25) is 0 Å². The molecule has 15 heavy (non-hydrogen) atoms. The summed E-state index contributed by atoms with van der Waals surface area (Å²) in [6.45, 7) is 2.92. The number of nitrogens with zero attached hydrogens (tertiary/aromatic N) is 3. The molecular formula is C10H18N4S. The van der Waals surface area contributed by atoms with Crippen molar-refractivity contribution < 1.29 is 0 Å². The summed E-state index contributed by atoms with van der Waals surface area (Å²) >= 11 is 1.43. The Bertz CT molecular complexity index is 273. The summed E-state index contributed by atoms with van der Waals surface area (Å²) in [5, 5.41) is 6.14. The molecule has 0 aromatic carbocycles. The van der Waals surface area contributed by atoms with Crippen molar-refractivity contribution in [3.63, 3.8) is 0 Å². The second kappa shape index (κ2) is 5.53. The second-order valence-corrected chi connectivity index (χ2v) is 4.70. The van der Waals surface area contributed by atoms with Crippen LogP contribution in [0.1, 0.15) is 31.4 Å². The molecular weight excluding hydrogens is 208 g/mol. The summed E-state index contributed by atoms with van der Waals surface area (Å²) in [6, 6.07) is 0.658. The molecule has 0 spiro atoms. The van der Waals surface area contributed by atoms with Crippen LogP contribution in [0.3, 0.4) is 0 Å². The van der Waals surface area contributed by atoms with Gasteiger partial charge in [-0.1, -0.05) is 10.9 Å². The molecule has 2 N–H and O–H groups in total. The van der Waals surface area contributed by atoms with E-state index in [0.717, 1.165) is 25.2 Å². The van der Waals surface area contributed by atoms with Crippen LogP contribution in [0, 0.1) is 0 Å². The fraction of sp³-hybridized carbons (Fsp3) is 0.800. The fourth-order valence-corrected chi connectivity index (χ4v) is 2.69. The number of likely N-dealkylation sites (tertiary alicyclic amines) is 1. The minimum atomic E-state index is 0.658. The van der Waals surface area contributed by atoms with E-state index < -0.39 is 0 Å². The number of nitrogens with two attached hydrogens (primary N) is 1. The lowest BCUT2D eigenvalue weighted by Crippen LogP contribution is -2.40. The predicted octanol–water partition coefficient (Wildman–Crippen LogP) is 1.24. The molecule has 1 saturated heterocycles. The van der Waals surface area contributed by atoms with Crippen molar-refractivity contribution in [2.45, 2.75) is 38.3 Å². The first-order valence-corrected chi connectivity index (χ1v) is 6.44. The summed E-state index contributed by atoms with van der Waals surface area (Å²) < 4.78 is 3.90. The van der Waals surface area contributed by atoms with E-state index in [0.29, 0.717) is 6.04 Å². The van der Waals surface area contributed by atoms with Gasteiger partial charge in [0.2, 0.25) is 0 Å². The van der Waals surface area contributed by atoms with Crippen molar-refractivity contribution >= 4 is 11.5 Å². The zero-order valence-electron chi connectivity index (χ0n) is 8.93. The van der Waals surface area contributed by atoms with Crippen LogP contribution in [0.15, 0.2) is 5.38 Å². The molecule has 84 valence electrons. The van der Waals surface area contributed by atoms with Crippen LogP contribution in [0.25, 0.3) is 0 Å². The molecule has 1 unspecified atom stereocenters. The number of piperidine rings is 1. The maximum atomic E-state index is 5.64. The van der Waals surface area contributed by atoms with E-state index >= 15 is 0 Å². The summed E-state index contributed by atoms with van der Waals surface area (Å²) in [5.41, 5.74) is 6.74. The van der Waals surface area contributed by atoms with Gasteiger partial charge in [0.15, 0.2) is 0 Å². The molecule has 0 radical (unpaired) electrons. The molecule has 0 bridgehead atoms. The first kappa shape index (κ1) is 11.0. The molecule has 0 saturated carbocycles. The molecule has 5 heteroatoms. The number of hydrogen-bond acceptors (Lipinski definition) is 5. The van der Waals surface area contributed by atoms with Gasteiger partial charge in [0.1, 0.15) is 0 Å². The van der Waals surface area contributed by atoms with Crippen LogP contribution in [0.5, 0.6) is 0 Å². The largest absolute Gasteiger partial charge is 0.330 e. The average Bonchev–Trinajstić information content (AvgIpc) is 2.74. The monoisotopic (exact) mass is 226 g/mol. The van der Waals surface area contributed by atoms with E-state index in [-0.39, 0.29) is 0 Å². The molecule has 1 aliphatic rings. The van der Waals surface area contributed by atoms with Crippen molar-refractivity contribution in [3.8, 4) is 0 Å². The normalized spacial score (nSPS) is 23.1. The highest BCUT2D eigenvalue weighted by molar-refractivity contribution is 7.03. The summed E-state index contributed by atoms with van der Waals surface area (Å²) in [7, 11) is 0. The van der Waals surface area contributed by atoms with Gasteiger partial charge < -0.3 is 5.73 Å². The van der Waals surface area contributed by atoms with Gasteiger partial charge in [-0.15, -0.1) is 5.10 Å². The molecule has 1 fully saturated rings. The first-order valence-electron chi connectivity index (χ1n) is 5.60. The standard InChI is InChI=1S/C10H18N4S/c11-5-4-10-3-1-2-6-14(10)7-9-8-15-13-12-9/h8,10H,1-7,11H2. The molecule has 1 aliphatic heterocycles. The van der Waals surface area contributed by atoms with Crippen molar-refractivity contribution in [1.29, 1.82) is 0 Å². The molecule has 1 aromatic heterocycles. The Balaban J connectivity index is 1.92. The first-order chi connectivity index (χ1) is 7.40. The minimum Gasteiger partial charge on any atom is -0.330 e. The highest BCUT2D eigenvalue weighted by Crippen LogP contribution is 2.21. The van der Waals surface area contributed by atoms with Crippen LogP contribution >= 0.6 is 11.5 Å². The van der Waals surface area contributed by atoms with Crippen molar-refractivity contribution in [2.24, 2.45) is 5.73 Å². The van der Waals surface area contributed by atoms with E-state index in [1.807, 2.05) is 5.38 Å². The third-order valence-electron chi connectivity index (χ3n) is 3.02. The van der Waals surface area contributed by atoms with Gasteiger partial charge in [-0.2, -0.15) is 0 Å². The SMILES string of the molecule is NCCC1CCCCN1Cc1csnn1. The Hall–Kier alpha value is -0.520. The van der Waals surface area contributed by atoms with Crippen LogP contribution < -0.4 is 5.73 Å². The van der Waals surface area contributed by atoms with E-state index in [4.69, 9.17) is 5.73 Å². The highest BCUT2D eigenvalue weighted by Gasteiger charge is 2.22. The zero-order valence-corrected chi connectivity index (χ0v) is 9.75. The molecule has 0 aliphatic carbocycles. The Morgan fingerprint density at radius 1 is 1.53 bits per heavy atom. The van der Waals surface area contributed by atoms with E-state index in [2.05, 4.69) is 14.5 Å². The lowest BCUT2D eigenvalue weighted by atomic mass is 9.99. The van der Waals surface area contributed by atoms with Crippen molar-refractivity contribution in [1.82, 2.24) is 14.5 Å². The third-order valence-corrected chi connectivity index (χ3v) is 3.57. The fourth-order valence-electron chi connectivity index (χ4n) is 2.25. The van der Waals surface area contributed by atoms with Gasteiger partial charge in [-0.25, -0.2) is 0 Å². The second-order valence-electron chi connectivity index (χ2n) is 4.09. The Morgan fingerprint density at radius 2 is 2.47 bits per heavy atom. The molecule has 4 nitrogen and oxygen atoms in total. The van der Waals surface area contributed by atoms with Crippen LogP contribution in [0.4, 0.5) is 0 Å². The van der Waals surface area contributed by atoms with Gasteiger partial charge >= 0.3 is 0 Å². The Kier molecular flexibility index (Phi) is 4.05. The highest BCUT2D eigenvalue weighted by atomic mass is 32.1. The van der Waals surface area contributed by atoms with Gasteiger partial charge in [-0.05, 0) is 43.9 Å². The average molecular weight is 226 g/mol. The molecule has 1 atom stereocenters. The van der Waals surface area contributed by atoms with Crippen molar-refractivity contribution in [2.75, 3.05) is 13.1 Å². The Labute approximate surface area is 94.6 Å². The number of rotatable bonds is 4. The van der Waals surface area contributed by atoms with Crippen molar-refractivity contribution in [3.05, 3.63) is 11.1 Å². The minimum absolute atomic E-state index is 0.658. The molecule has 0 amide bonds. The predicted molar refractivity (Wildman–Crippen MR) is 61.6 cm³/mol. The number of aromatic nitrogens is 2. The zero-order chi connectivity index (χ0) is 10.5. The van der Waals surface area contributed by atoms with E-state index in [1.165, 1.54) is 37.3 Å². The summed E-state index contributed by atoms with van der Waals surface area (Å²) in [6.07, 6.45) is 5.04. The van der Waals surface area contributed by atoms with Crippen LogP contribution in [-0.4, -0.2) is 33.6 Å². The van der Waals surface area contributed by atoms with Crippen LogP contribution in [-0.2, 0) is 6.54 Å². The maximum absolute atomic E-state index is 5.64. The van der Waals surface area contributed by atoms with E-state index in [1.54, 1.807) is 0 Å². The van der Waals surface area contributed by atoms with Gasteiger partial charge in [0, 0.05) is 18.0 Å². The third kappa shape index (κ3) is 2.96. The Morgan fingerprint density at radius 3 is 3.20 bits per heavy atom. The van der Waals surface area contributed by atoms with Gasteiger partial charge in [0.05, 0.1) is 5.69 Å². The quantitative estimate of drug-likeness (QED) is 0.839. The molecule has 2 rings (SSSR count). The lowest BCUT2D eigenvalue weighted by Gasteiger charge is -2.35. The summed E-state index contributed by atoms with van der Waals surface area (Å²) in [5.74, 6) is 0. The smallest absolute Gasteiger partial charge is 0.0895 e. The molecule has 2 heterocycles. The number of hydrogen-bond donors (Lipinski definition) is 1.